The van der Waals surface area contributed by atoms with Gasteiger partial charge < -0.3 is 9.47 Å². The quantitative estimate of drug-likeness (QED) is 0.404. The van der Waals surface area contributed by atoms with Crippen molar-refractivity contribution >= 4 is 11.9 Å². The predicted molar refractivity (Wildman–Crippen MR) is 76.7 cm³/mol. The van der Waals surface area contributed by atoms with Crippen LogP contribution in [-0.4, -0.2) is 25.7 Å². The van der Waals surface area contributed by atoms with Gasteiger partial charge in [-0.05, 0) is 20.3 Å². The minimum absolute atomic E-state index is 0.272. The van der Waals surface area contributed by atoms with E-state index >= 15 is 0 Å². The number of carbonyl (C=O) groups excluding carboxylic acids is 2. The van der Waals surface area contributed by atoms with Gasteiger partial charge in [0.2, 0.25) is 0 Å². The summed E-state index contributed by atoms with van der Waals surface area (Å²) in [6.45, 7) is 12.8. The number of ether oxygens (including phenoxy) is 2. The van der Waals surface area contributed by atoms with Crippen LogP contribution in [0, 0.1) is 0 Å². The van der Waals surface area contributed by atoms with Crippen molar-refractivity contribution in [3.63, 3.8) is 0 Å². The molecule has 0 atom stereocenters. The Balaban J connectivity index is 0. The predicted octanol–water partition coefficient (Wildman–Crippen LogP) is 3.42. The summed E-state index contributed by atoms with van der Waals surface area (Å²) in [6, 6.07) is 0. The van der Waals surface area contributed by atoms with Crippen LogP contribution in [0.3, 0.4) is 0 Å². The van der Waals surface area contributed by atoms with E-state index in [-0.39, 0.29) is 11.9 Å². The standard InChI is InChI=1S/C10H18O2.C5H8O2/c1-4-5-6-7-8-12-10(11)9(2)3;1-4(2)5(6)7-3/h2,4-8H2,1,3H3;1H2,2-3H3. The SMILES string of the molecule is C=C(C)C(=O)OC.C=C(C)C(=O)OCCCCCC. The van der Waals surface area contributed by atoms with Crippen LogP contribution < -0.4 is 0 Å². The summed E-state index contributed by atoms with van der Waals surface area (Å²) in [5, 5.41) is 0. The smallest absolute Gasteiger partial charge is 0.333 e. The Morgan fingerprint density at radius 3 is 1.79 bits per heavy atom. The van der Waals surface area contributed by atoms with Crippen molar-refractivity contribution in [3.05, 3.63) is 24.3 Å². The van der Waals surface area contributed by atoms with Crippen LogP contribution in [0.25, 0.3) is 0 Å². The fourth-order valence-electron chi connectivity index (χ4n) is 0.991. The average Bonchev–Trinajstić information content (AvgIpc) is 2.37. The van der Waals surface area contributed by atoms with E-state index in [1.54, 1.807) is 13.8 Å². The molecule has 0 saturated carbocycles. The van der Waals surface area contributed by atoms with Crippen molar-refractivity contribution < 1.29 is 19.1 Å². The summed E-state index contributed by atoms with van der Waals surface area (Å²) in [7, 11) is 1.33. The molecule has 0 fully saturated rings. The van der Waals surface area contributed by atoms with E-state index in [0.717, 1.165) is 12.8 Å². The molecule has 0 saturated heterocycles. The second-order valence-electron chi connectivity index (χ2n) is 4.25. The van der Waals surface area contributed by atoms with Gasteiger partial charge in [-0.2, -0.15) is 0 Å². The highest BCUT2D eigenvalue weighted by Gasteiger charge is 2.01. The highest BCUT2D eigenvalue weighted by molar-refractivity contribution is 5.87. The lowest BCUT2D eigenvalue weighted by atomic mass is 10.2. The Bertz CT molecular complexity index is 305. The minimum Gasteiger partial charge on any atom is -0.466 e. The number of methoxy groups -OCH3 is 1. The molecule has 0 aromatic rings. The molecule has 0 amide bonds. The first-order chi connectivity index (χ1) is 8.86. The molecule has 0 aliphatic rings. The molecule has 110 valence electrons. The molecule has 0 rings (SSSR count). The van der Waals surface area contributed by atoms with E-state index < -0.39 is 0 Å². The summed E-state index contributed by atoms with van der Waals surface area (Å²) in [5.74, 6) is -0.619. The lowest BCUT2D eigenvalue weighted by molar-refractivity contribution is -0.139. The van der Waals surface area contributed by atoms with Crippen LogP contribution in [0.15, 0.2) is 24.3 Å². The Labute approximate surface area is 116 Å². The molecule has 4 nitrogen and oxygen atoms in total. The molecular weight excluding hydrogens is 244 g/mol. The van der Waals surface area contributed by atoms with Crippen molar-refractivity contribution in [1.29, 1.82) is 0 Å². The van der Waals surface area contributed by atoms with Gasteiger partial charge in [0.15, 0.2) is 0 Å². The molecular formula is C15H26O4. The second kappa shape index (κ2) is 12.9. The third kappa shape index (κ3) is 14.4. The van der Waals surface area contributed by atoms with Crippen LogP contribution in [-0.2, 0) is 19.1 Å². The van der Waals surface area contributed by atoms with Crippen molar-refractivity contribution in [2.75, 3.05) is 13.7 Å². The van der Waals surface area contributed by atoms with Gasteiger partial charge in [-0.3, -0.25) is 0 Å². The van der Waals surface area contributed by atoms with Crippen LogP contribution in [0.2, 0.25) is 0 Å². The lowest BCUT2D eigenvalue weighted by Crippen LogP contribution is -2.05. The number of rotatable bonds is 7. The highest BCUT2D eigenvalue weighted by atomic mass is 16.5. The second-order valence-corrected chi connectivity index (χ2v) is 4.25. The van der Waals surface area contributed by atoms with Gasteiger partial charge in [-0.25, -0.2) is 9.59 Å². The monoisotopic (exact) mass is 270 g/mol. The van der Waals surface area contributed by atoms with Crippen LogP contribution in [0.4, 0.5) is 0 Å². The first-order valence-electron chi connectivity index (χ1n) is 6.43. The number of carbonyl (C=O) groups is 2. The average molecular weight is 270 g/mol. The molecule has 19 heavy (non-hydrogen) atoms. The molecule has 0 radical (unpaired) electrons. The first kappa shape index (κ1) is 19.8. The molecule has 0 unspecified atom stereocenters. The molecule has 4 heteroatoms. The maximum atomic E-state index is 10.9. The van der Waals surface area contributed by atoms with E-state index in [9.17, 15) is 9.59 Å². The van der Waals surface area contributed by atoms with E-state index in [1.165, 1.54) is 20.0 Å². The summed E-state index contributed by atoms with van der Waals surface area (Å²) in [6.07, 6.45) is 4.52. The van der Waals surface area contributed by atoms with Gasteiger partial charge >= 0.3 is 11.9 Å². The van der Waals surface area contributed by atoms with Crippen molar-refractivity contribution in [1.82, 2.24) is 0 Å². The molecule has 0 bridgehead atoms. The summed E-state index contributed by atoms with van der Waals surface area (Å²) < 4.78 is 9.18. The zero-order chi connectivity index (χ0) is 15.3. The molecule has 0 aromatic carbocycles. The van der Waals surface area contributed by atoms with Gasteiger partial charge in [0.1, 0.15) is 0 Å². The third-order valence-electron chi connectivity index (χ3n) is 2.11. The fourth-order valence-corrected chi connectivity index (χ4v) is 0.991. The summed E-state index contributed by atoms with van der Waals surface area (Å²) in [4.78, 5) is 21.0. The molecule has 0 heterocycles. The van der Waals surface area contributed by atoms with Crippen molar-refractivity contribution in [2.24, 2.45) is 0 Å². The summed E-state index contributed by atoms with van der Waals surface area (Å²) in [5.41, 5.74) is 0.910. The van der Waals surface area contributed by atoms with Crippen molar-refractivity contribution in [3.8, 4) is 0 Å². The number of unbranched alkanes of at least 4 members (excludes halogenated alkanes) is 3. The lowest BCUT2D eigenvalue weighted by Gasteiger charge is -2.02. The molecule has 0 aliphatic heterocycles. The maximum absolute atomic E-state index is 10.9. The van der Waals surface area contributed by atoms with Crippen LogP contribution in [0.1, 0.15) is 46.5 Å². The van der Waals surface area contributed by atoms with Gasteiger partial charge in [-0.15, -0.1) is 0 Å². The number of esters is 2. The molecule has 0 N–H and O–H groups in total. The van der Waals surface area contributed by atoms with Gasteiger partial charge in [0, 0.05) is 11.1 Å². The number of hydrogen-bond donors (Lipinski definition) is 0. The minimum atomic E-state index is -0.347. The zero-order valence-electron chi connectivity index (χ0n) is 12.6. The zero-order valence-corrected chi connectivity index (χ0v) is 12.6. The Morgan fingerprint density at radius 2 is 1.47 bits per heavy atom. The Kier molecular flexibility index (Phi) is 13.4. The fraction of sp³-hybridized carbons (Fsp3) is 0.600. The van der Waals surface area contributed by atoms with Gasteiger partial charge in [0.25, 0.3) is 0 Å². The Morgan fingerprint density at radius 1 is 0.947 bits per heavy atom. The normalized spacial score (nSPS) is 8.84. The van der Waals surface area contributed by atoms with Crippen LogP contribution in [0.5, 0.6) is 0 Å². The Hall–Kier alpha value is -1.58. The third-order valence-corrected chi connectivity index (χ3v) is 2.11. The first-order valence-corrected chi connectivity index (χ1v) is 6.43. The van der Waals surface area contributed by atoms with Crippen LogP contribution >= 0.6 is 0 Å². The number of hydrogen-bond acceptors (Lipinski definition) is 4. The highest BCUT2D eigenvalue weighted by Crippen LogP contribution is 2.00. The maximum Gasteiger partial charge on any atom is 0.333 e. The molecule has 0 spiro atoms. The topological polar surface area (TPSA) is 52.6 Å². The van der Waals surface area contributed by atoms with Gasteiger partial charge in [0.05, 0.1) is 13.7 Å². The molecule has 0 aliphatic carbocycles. The molecule has 0 aromatic heterocycles. The summed E-state index contributed by atoms with van der Waals surface area (Å²) >= 11 is 0. The van der Waals surface area contributed by atoms with Gasteiger partial charge in [-0.1, -0.05) is 39.3 Å². The van der Waals surface area contributed by atoms with E-state index in [4.69, 9.17) is 4.74 Å². The van der Waals surface area contributed by atoms with Crippen molar-refractivity contribution in [2.45, 2.75) is 46.5 Å². The van der Waals surface area contributed by atoms with E-state index in [1.807, 2.05) is 0 Å². The largest absolute Gasteiger partial charge is 0.466 e. The van der Waals surface area contributed by atoms with E-state index in [0.29, 0.717) is 17.8 Å². The van der Waals surface area contributed by atoms with E-state index in [2.05, 4.69) is 24.8 Å².